The Hall–Kier alpha value is -0.170. The van der Waals surface area contributed by atoms with Gasteiger partial charge in [-0.2, -0.15) is 0 Å². The predicted molar refractivity (Wildman–Crippen MR) is 34.9 cm³/mol. The van der Waals surface area contributed by atoms with Crippen molar-refractivity contribution in [3.8, 4) is 0 Å². The van der Waals surface area contributed by atoms with E-state index in [0.717, 1.165) is 0 Å². The van der Waals surface area contributed by atoms with Crippen LogP contribution in [0.2, 0.25) is 0 Å². The van der Waals surface area contributed by atoms with E-state index >= 15 is 0 Å². The third-order valence-corrected chi connectivity index (χ3v) is 0.605. The zero-order chi connectivity index (χ0) is 5.54. The molecule has 0 aliphatic carbocycles. The van der Waals surface area contributed by atoms with E-state index in [9.17, 15) is 0 Å². The van der Waals surface area contributed by atoms with Crippen LogP contribution in [0.1, 0.15) is 0 Å². The van der Waals surface area contributed by atoms with Crippen LogP contribution in [0.4, 0.5) is 0 Å². The van der Waals surface area contributed by atoms with E-state index in [4.69, 9.17) is 11.6 Å². The van der Waals surface area contributed by atoms with Crippen LogP contribution in [0.15, 0.2) is 17.3 Å². The van der Waals surface area contributed by atoms with Gasteiger partial charge in [-0.3, -0.25) is 0 Å². The molecule has 0 amide bonds. The molecule has 0 fully saturated rings. The monoisotopic (exact) mass is 133 g/mol. The van der Waals surface area contributed by atoms with Crippen molar-refractivity contribution in [2.45, 2.75) is 0 Å². The van der Waals surface area contributed by atoms with Crippen LogP contribution in [0.5, 0.6) is 0 Å². The van der Waals surface area contributed by atoms with Gasteiger partial charge in [-0.15, -0.1) is 11.6 Å². The Bertz CT molecular complexity index is 104. The van der Waals surface area contributed by atoms with Crippen molar-refractivity contribution in [3.63, 3.8) is 0 Å². The van der Waals surface area contributed by atoms with Gasteiger partial charge in [0.1, 0.15) is 0 Å². The van der Waals surface area contributed by atoms with Crippen LogP contribution in [0, 0.1) is 0 Å². The lowest BCUT2D eigenvalue weighted by Crippen LogP contribution is -1.54. The lowest BCUT2D eigenvalue weighted by atomic mass is 10.7. The highest BCUT2D eigenvalue weighted by Crippen LogP contribution is 1.76. The molecule has 1 nitrogen and oxygen atoms in total. The Balaban J connectivity index is 3.27. The summed E-state index contributed by atoms with van der Waals surface area (Å²) in [4.78, 5) is 3.46. The first-order valence-electron chi connectivity index (χ1n) is 1.69. The Labute approximate surface area is 52.7 Å². The van der Waals surface area contributed by atoms with Crippen LogP contribution in [-0.4, -0.2) is 11.0 Å². The first-order chi connectivity index (χ1) is 3.41. The lowest BCUT2D eigenvalue weighted by molar-refractivity contribution is 1.56. The molecule has 0 aromatic rings. The van der Waals surface area contributed by atoms with Crippen LogP contribution < -0.4 is 0 Å². The smallest absolute Gasteiger partial charge is 0.0634 e. The molecule has 7 heavy (non-hydrogen) atoms. The quantitative estimate of drug-likeness (QED) is 0.318. The minimum absolute atomic E-state index is 0.473. The summed E-state index contributed by atoms with van der Waals surface area (Å²) >= 11 is 9.48. The summed E-state index contributed by atoms with van der Waals surface area (Å²) in [5, 5.41) is 2.17. The average Bonchev–Trinajstić information content (AvgIpc) is 1.69. The Kier molecular flexibility index (Phi) is 5.69. The van der Waals surface area contributed by atoms with Gasteiger partial charge in [0.15, 0.2) is 0 Å². The first-order valence-corrected chi connectivity index (χ1v) is 2.64. The van der Waals surface area contributed by atoms with Crippen molar-refractivity contribution < 1.29 is 0 Å². The second kappa shape index (κ2) is 5.83. The summed E-state index contributed by atoms with van der Waals surface area (Å²) in [7, 11) is 0. The summed E-state index contributed by atoms with van der Waals surface area (Å²) in [6.45, 7) is 0. The van der Waals surface area contributed by atoms with Gasteiger partial charge in [-0.1, -0.05) is 6.08 Å². The average molecular weight is 134 g/mol. The number of aliphatic imine (C=N–C) groups is 1. The van der Waals surface area contributed by atoms with E-state index in [0.29, 0.717) is 5.88 Å². The van der Waals surface area contributed by atoms with Gasteiger partial charge in [-0.05, 0) is 12.2 Å². The Morgan fingerprint density at radius 2 is 2.57 bits per heavy atom. The van der Waals surface area contributed by atoms with Crippen molar-refractivity contribution >= 4 is 29.0 Å². The van der Waals surface area contributed by atoms with Crippen molar-refractivity contribution in [1.82, 2.24) is 0 Å². The van der Waals surface area contributed by atoms with Crippen molar-refractivity contribution in [2.75, 3.05) is 5.88 Å². The molecule has 38 valence electrons. The summed E-state index contributed by atoms with van der Waals surface area (Å²) in [5.41, 5.74) is 0. The number of rotatable bonds is 2. The molecule has 0 N–H and O–H groups in total. The molecule has 0 unspecified atom stereocenters. The van der Waals surface area contributed by atoms with E-state index < -0.39 is 0 Å². The Morgan fingerprint density at radius 1 is 1.86 bits per heavy atom. The molecule has 0 radical (unpaired) electrons. The fourth-order valence-electron chi connectivity index (χ4n) is 0.123. The maximum Gasteiger partial charge on any atom is 0.0634 e. The lowest BCUT2D eigenvalue weighted by Gasteiger charge is -1.65. The van der Waals surface area contributed by atoms with E-state index in [1.807, 2.05) is 0 Å². The molecule has 0 spiro atoms. The molecular formula is C4H4ClNS. The number of halogens is 1. The molecule has 0 atom stereocenters. The molecule has 0 saturated heterocycles. The highest BCUT2D eigenvalue weighted by Gasteiger charge is 1.59. The topological polar surface area (TPSA) is 12.4 Å². The highest BCUT2D eigenvalue weighted by molar-refractivity contribution is 7.78. The van der Waals surface area contributed by atoms with Crippen LogP contribution >= 0.6 is 23.8 Å². The fraction of sp³-hybridized carbons (Fsp3) is 0.250. The van der Waals surface area contributed by atoms with Crippen LogP contribution in [0.25, 0.3) is 0 Å². The number of thiocarbonyl (C=S) groups is 1. The van der Waals surface area contributed by atoms with E-state index in [-0.39, 0.29) is 0 Å². The zero-order valence-corrected chi connectivity index (χ0v) is 5.17. The van der Waals surface area contributed by atoms with Gasteiger partial charge in [0.05, 0.1) is 5.16 Å². The SMILES string of the molecule is S=C=N/C=C/CCl. The molecule has 0 aliphatic rings. The molecule has 0 heterocycles. The maximum absolute atomic E-state index is 5.23. The third-order valence-electron chi connectivity index (χ3n) is 0.322. The number of hydrogen-bond donors (Lipinski definition) is 0. The summed E-state index contributed by atoms with van der Waals surface area (Å²) in [5.74, 6) is 0.473. The molecule has 0 saturated carbocycles. The number of alkyl halides is 1. The summed E-state index contributed by atoms with van der Waals surface area (Å²) < 4.78 is 0. The first kappa shape index (κ1) is 6.83. The second-order valence-corrected chi connectivity index (χ2v) is 1.25. The largest absolute Gasteiger partial charge is 0.203 e. The molecule has 3 heteroatoms. The molecule has 0 aromatic heterocycles. The molecule has 0 bridgehead atoms. The van der Waals surface area contributed by atoms with Gasteiger partial charge in [-0.25, -0.2) is 4.99 Å². The zero-order valence-electron chi connectivity index (χ0n) is 3.60. The molecule has 0 aliphatic heterocycles. The number of allylic oxidation sites excluding steroid dienone is 1. The summed E-state index contributed by atoms with van der Waals surface area (Å²) in [6, 6.07) is 0. The number of isothiocyanates is 1. The van der Waals surface area contributed by atoms with Crippen molar-refractivity contribution in [1.29, 1.82) is 0 Å². The predicted octanol–water partition coefficient (Wildman–Crippen LogP) is 1.84. The van der Waals surface area contributed by atoms with Crippen LogP contribution in [0.3, 0.4) is 0 Å². The number of nitrogens with zero attached hydrogens (tertiary/aromatic N) is 1. The molecule has 0 aromatic carbocycles. The molecule has 0 rings (SSSR count). The standard InChI is InChI=1S/C4H4ClNS/c5-2-1-3-6-4-7/h1,3H,2H2/b3-1+. The van der Waals surface area contributed by atoms with Gasteiger partial charge < -0.3 is 0 Å². The van der Waals surface area contributed by atoms with E-state index in [2.05, 4.69) is 22.4 Å². The minimum Gasteiger partial charge on any atom is -0.203 e. The second-order valence-electron chi connectivity index (χ2n) is 0.759. The number of hydrogen-bond acceptors (Lipinski definition) is 2. The van der Waals surface area contributed by atoms with E-state index in [1.54, 1.807) is 6.08 Å². The molecular weight excluding hydrogens is 130 g/mol. The fourth-order valence-corrected chi connectivity index (χ4v) is 0.264. The van der Waals surface area contributed by atoms with Gasteiger partial charge in [0.25, 0.3) is 0 Å². The minimum atomic E-state index is 0.473. The third kappa shape index (κ3) is 5.83. The van der Waals surface area contributed by atoms with E-state index in [1.165, 1.54) is 6.20 Å². The Morgan fingerprint density at radius 3 is 3.00 bits per heavy atom. The van der Waals surface area contributed by atoms with Gasteiger partial charge in [0.2, 0.25) is 0 Å². The van der Waals surface area contributed by atoms with Gasteiger partial charge in [0, 0.05) is 12.1 Å². The maximum atomic E-state index is 5.23. The van der Waals surface area contributed by atoms with Crippen molar-refractivity contribution in [2.24, 2.45) is 4.99 Å². The normalized spacial score (nSPS) is 8.71. The van der Waals surface area contributed by atoms with Gasteiger partial charge >= 0.3 is 0 Å². The van der Waals surface area contributed by atoms with Crippen molar-refractivity contribution in [3.05, 3.63) is 12.3 Å². The van der Waals surface area contributed by atoms with Crippen LogP contribution in [-0.2, 0) is 0 Å². The summed E-state index contributed by atoms with van der Waals surface area (Å²) in [6.07, 6.45) is 3.20. The highest BCUT2D eigenvalue weighted by atomic mass is 35.5.